The molecule has 1 rings (SSSR count). The highest BCUT2D eigenvalue weighted by Crippen LogP contribution is 2.21. The Morgan fingerprint density at radius 3 is 2.64 bits per heavy atom. The van der Waals surface area contributed by atoms with Gasteiger partial charge in [-0.15, -0.1) is 23.7 Å². The molecule has 0 bridgehead atoms. The Hall–Kier alpha value is -0.740. The third-order valence-corrected chi connectivity index (χ3v) is 2.97. The van der Waals surface area contributed by atoms with Crippen molar-refractivity contribution in [2.24, 2.45) is 0 Å². The van der Waals surface area contributed by atoms with Gasteiger partial charge < -0.3 is 10.2 Å². The molecule has 0 radical (unpaired) electrons. The Kier molecular flexibility index (Phi) is 5.57. The van der Waals surface area contributed by atoms with Crippen LogP contribution in [0.4, 0.5) is 5.00 Å². The Morgan fingerprint density at radius 2 is 2.21 bits per heavy atom. The molecule has 0 aliphatic carbocycles. The topological polar surface area (TPSA) is 32.3 Å². The van der Waals surface area contributed by atoms with Crippen LogP contribution in [-0.4, -0.2) is 31.4 Å². The fourth-order valence-corrected chi connectivity index (χ4v) is 1.77. The highest BCUT2D eigenvalue weighted by Gasteiger charge is 2.11. The number of nitrogens with one attached hydrogen (secondary N) is 1. The zero-order valence-corrected chi connectivity index (χ0v) is 10.2. The first-order valence-electron chi connectivity index (χ1n) is 4.22. The van der Waals surface area contributed by atoms with Gasteiger partial charge in [-0.25, -0.2) is 0 Å². The average Bonchev–Trinajstić information content (AvgIpc) is 2.63. The van der Waals surface area contributed by atoms with E-state index >= 15 is 0 Å². The molecule has 14 heavy (non-hydrogen) atoms. The van der Waals surface area contributed by atoms with E-state index in [-0.39, 0.29) is 18.3 Å². The lowest BCUT2D eigenvalue weighted by atomic mass is 10.4. The molecule has 1 N–H and O–H groups in total. The highest BCUT2D eigenvalue weighted by molar-refractivity contribution is 7.17. The van der Waals surface area contributed by atoms with Gasteiger partial charge >= 0.3 is 0 Å². The number of hydrogen-bond donors (Lipinski definition) is 1. The maximum Gasteiger partial charge on any atom is 0.263 e. The van der Waals surface area contributed by atoms with E-state index in [1.165, 1.54) is 11.3 Å². The maximum absolute atomic E-state index is 11.6. The first-order valence-corrected chi connectivity index (χ1v) is 5.03. The second kappa shape index (κ2) is 5.88. The third-order valence-electron chi connectivity index (χ3n) is 1.88. The van der Waals surface area contributed by atoms with Gasteiger partial charge in [-0.3, -0.25) is 4.79 Å². The van der Waals surface area contributed by atoms with Crippen molar-refractivity contribution in [1.29, 1.82) is 0 Å². The summed E-state index contributed by atoms with van der Waals surface area (Å²) in [5.41, 5.74) is 0. The van der Waals surface area contributed by atoms with Crippen LogP contribution in [0.3, 0.4) is 0 Å². The molecule has 5 heteroatoms. The number of anilines is 1. The average molecular weight is 235 g/mol. The quantitative estimate of drug-likeness (QED) is 0.871. The van der Waals surface area contributed by atoms with Crippen LogP contribution < -0.4 is 5.32 Å². The highest BCUT2D eigenvalue weighted by atomic mass is 35.5. The van der Waals surface area contributed by atoms with Crippen LogP contribution in [0, 0.1) is 0 Å². The number of carbonyl (C=O) groups is 1. The number of thiophene rings is 1. The fraction of sp³-hybridized carbons (Fsp3) is 0.444. The van der Waals surface area contributed by atoms with Gasteiger partial charge in [0.1, 0.15) is 0 Å². The summed E-state index contributed by atoms with van der Waals surface area (Å²) in [5, 5.41) is 4.03. The molecular formula is C9H15ClN2OS. The number of rotatable bonds is 3. The molecular weight excluding hydrogens is 220 g/mol. The molecule has 80 valence electrons. The number of halogens is 1. The van der Waals surface area contributed by atoms with Crippen LogP contribution in [0.15, 0.2) is 12.1 Å². The standard InChI is InChI=1S/C9H14N2OS.ClH/c1-4-11(3)9(12)7-5-6-8(10-2)13-7;/h5-6,10H,4H2,1-3H3;1H. The minimum Gasteiger partial charge on any atom is -0.380 e. The first-order chi connectivity index (χ1) is 6.19. The molecule has 0 unspecified atom stereocenters. The van der Waals surface area contributed by atoms with E-state index in [9.17, 15) is 4.79 Å². The SMILES string of the molecule is CCN(C)C(=O)c1ccc(NC)s1.Cl. The minimum absolute atomic E-state index is 0. The Balaban J connectivity index is 0.00000169. The van der Waals surface area contributed by atoms with Gasteiger partial charge in [-0.05, 0) is 19.1 Å². The van der Waals surface area contributed by atoms with E-state index < -0.39 is 0 Å². The molecule has 0 spiro atoms. The molecule has 0 atom stereocenters. The van der Waals surface area contributed by atoms with Crippen molar-refractivity contribution in [2.45, 2.75) is 6.92 Å². The van der Waals surface area contributed by atoms with Gasteiger partial charge in [-0.2, -0.15) is 0 Å². The molecule has 0 aliphatic heterocycles. The van der Waals surface area contributed by atoms with Crippen molar-refractivity contribution in [3.8, 4) is 0 Å². The molecule has 0 aromatic carbocycles. The minimum atomic E-state index is 0. The van der Waals surface area contributed by atoms with E-state index in [1.54, 1.807) is 11.9 Å². The van der Waals surface area contributed by atoms with Crippen LogP contribution in [0.1, 0.15) is 16.6 Å². The summed E-state index contributed by atoms with van der Waals surface area (Å²) in [5.74, 6) is 0.0917. The molecule has 0 saturated heterocycles. The van der Waals surface area contributed by atoms with E-state index in [0.717, 1.165) is 16.4 Å². The lowest BCUT2D eigenvalue weighted by Crippen LogP contribution is -2.25. The van der Waals surface area contributed by atoms with E-state index in [4.69, 9.17) is 0 Å². The predicted octanol–water partition coefficient (Wildman–Crippen LogP) is 2.30. The predicted molar refractivity (Wildman–Crippen MR) is 63.7 cm³/mol. The second-order valence-electron chi connectivity index (χ2n) is 2.73. The summed E-state index contributed by atoms with van der Waals surface area (Å²) >= 11 is 1.48. The third kappa shape index (κ3) is 2.89. The van der Waals surface area contributed by atoms with E-state index in [2.05, 4.69) is 5.32 Å². The van der Waals surface area contributed by atoms with E-state index in [0.29, 0.717) is 0 Å². The smallest absolute Gasteiger partial charge is 0.263 e. The van der Waals surface area contributed by atoms with E-state index in [1.807, 2.05) is 26.1 Å². The summed E-state index contributed by atoms with van der Waals surface area (Å²) in [6.07, 6.45) is 0. The van der Waals surface area contributed by atoms with Gasteiger partial charge in [0.25, 0.3) is 5.91 Å². The fourth-order valence-electron chi connectivity index (χ4n) is 0.919. The van der Waals surface area contributed by atoms with Crippen LogP contribution >= 0.6 is 23.7 Å². The summed E-state index contributed by atoms with van der Waals surface area (Å²) in [6, 6.07) is 3.77. The monoisotopic (exact) mass is 234 g/mol. The second-order valence-corrected chi connectivity index (χ2v) is 3.82. The molecule has 0 saturated carbocycles. The van der Waals surface area contributed by atoms with Crippen molar-refractivity contribution >= 4 is 34.7 Å². The Morgan fingerprint density at radius 1 is 1.57 bits per heavy atom. The largest absolute Gasteiger partial charge is 0.380 e. The summed E-state index contributed by atoms with van der Waals surface area (Å²) in [7, 11) is 3.66. The van der Waals surface area contributed by atoms with Crippen LogP contribution in [0.5, 0.6) is 0 Å². The van der Waals surface area contributed by atoms with Gasteiger partial charge in [0.2, 0.25) is 0 Å². The van der Waals surface area contributed by atoms with Crippen molar-refractivity contribution in [1.82, 2.24) is 4.90 Å². The maximum atomic E-state index is 11.6. The molecule has 0 fully saturated rings. The molecule has 1 aromatic heterocycles. The van der Waals surface area contributed by atoms with Gasteiger partial charge in [-0.1, -0.05) is 0 Å². The van der Waals surface area contributed by atoms with Crippen molar-refractivity contribution < 1.29 is 4.79 Å². The number of nitrogens with zero attached hydrogens (tertiary/aromatic N) is 1. The van der Waals surface area contributed by atoms with Gasteiger partial charge in [0, 0.05) is 20.6 Å². The number of hydrogen-bond acceptors (Lipinski definition) is 3. The molecule has 3 nitrogen and oxygen atoms in total. The molecule has 1 heterocycles. The Bertz CT molecular complexity index is 301. The molecule has 1 aromatic rings. The lowest BCUT2D eigenvalue weighted by Gasteiger charge is -2.12. The molecule has 1 amide bonds. The number of carbonyl (C=O) groups excluding carboxylic acids is 1. The van der Waals surface area contributed by atoms with Crippen molar-refractivity contribution in [2.75, 3.05) is 26.0 Å². The van der Waals surface area contributed by atoms with Crippen molar-refractivity contribution in [3.05, 3.63) is 17.0 Å². The summed E-state index contributed by atoms with van der Waals surface area (Å²) < 4.78 is 0. The summed E-state index contributed by atoms with van der Waals surface area (Å²) in [4.78, 5) is 14.1. The van der Waals surface area contributed by atoms with Gasteiger partial charge in [0.05, 0.1) is 9.88 Å². The normalized spacial score (nSPS) is 9.07. The van der Waals surface area contributed by atoms with Crippen LogP contribution in [-0.2, 0) is 0 Å². The molecule has 0 aliphatic rings. The lowest BCUT2D eigenvalue weighted by molar-refractivity contribution is 0.0807. The number of amides is 1. The van der Waals surface area contributed by atoms with Gasteiger partial charge in [0.15, 0.2) is 0 Å². The first kappa shape index (κ1) is 13.3. The van der Waals surface area contributed by atoms with Crippen LogP contribution in [0.25, 0.3) is 0 Å². The van der Waals surface area contributed by atoms with Crippen LogP contribution in [0.2, 0.25) is 0 Å². The Labute approximate surface area is 94.5 Å². The summed E-state index contributed by atoms with van der Waals surface area (Å²) in [6.45, 7) is 2.70. The zero-order valence-electron chi connectivity index (χ0n) is 8.53. The zero-order chi connectivity index (χ0) is 9.84. The van der Waals surface area contributed by atoms with Crippen molar-refractivity contribution in [3.63, 3.8) is 0 Å².